The molecule has 154 valence electrons. The van der Waals surface area contributed by atoms with E-state index in [1.54, 1.807) is 0 Å². The topological polar surface area (TPSA) is 26.8 Å². The minimum absolute atomic E-state index is 0.211. The van der Waals surface area contributed by atoms with Gasteiger partial charge in [-0.25, -0.2) is 0 Å². The molecule has 2 aliphatic rings. The lowest BCUT2D eigenvalue weighted by Crippen LogP contribution is -2.55. The summed E-state index contributed by atoms with van der Waals surface area (Å²) in [7, 11) is 4.05. The molecule has 2 saturated heterocycles. The SMILES string of the molecule is CN(C)c1ccc(C(=O)N2CCC[C@@H]3CN(CCc4ccccc4)CC[C@@H]32)cc1. The summed E-state index contributed by atoms with van der Waals surface area (Å²) in [5.74, 6) is 0.820. The van der Waals surface area contributed by atoms with E-state index in [1.807, 2.05) is 38.4 Å². The third kappa shape index (κ3) is 4.64. The van der Waals surface area contributed by atoms with Crippen LogP contribution in [0.5, 0.6) is 0 Å². The van der Waals surface area contributed by atoms with Crippen molar-refractivity contribution >= 4 is 11.6 Å². The maximum absolute atomic E-state index is 13.2. The molecule has 4 rings (SSSR count). The molecule has 2 aliphatic heterocycles. The van der Waals surface area contributed by atoms with Crippen LogP contribution in [0.15, 0.2) is 54.6 Å². The lowest BCUT2D eigenvalue weighted by atomic mass is 9.83. The highest BCUT2D eigenvalue weighted by molar-refractivity contribution is 5.94. The molecule has 0 unspecified atom stereocenters. The van der Waals surface area contributed by atoms with Crippen molar-refractivity contribution in [3.8, 4) is 0 Å². The van der Waals surface area contributed by atoms with Crippen LogP contribution in [0, 0.1) is 5.92 Å². The van der Waals surface area contributed by atoms with Crippen molar-refractivity contribution in [2.24, 2.45) is 5.92 Å². The van der Waals surface area contributed by atoms with E-state index in [9.17, 15) is 4.79 Å². The second-order valence-corrected chi connectivity index (χ2v) is 8.73. The van der Waals surface area contributed by atoms with Gasteiger partial charge in [0.15, 0.2) is 0 Å². The molecule has 0 saturated carbocycles. The molecule has 29 heavy (non-hydrogen) atoms. The zero-order valence-corrected chi connectivity index (χ0v) is 17.8. The van der Waals surface area contributed by atoms with Gasteiger partial charge < -0.3 is 14.7 Å². The van der Waals surface area contributed by atoms with Gasteiger partial charge in [0.1, 0.15) is 0 Å². The van der Waals surface area contributed by atoms with E-state index in [-0.39, 0.29) is 5.91 Å². The van der Waals surface area contributed by atoms with Crippen molar-refractivity contribution in [2.75, 3.05) is 45.2 Å². The lowest BCUT2D eigenvalue weighted by molar-refractivity contribution is 0.0205. The Hall–Kier alpha value is -2.33. The van der Waals surface area contributed by atoms with Crippen molar-refractivity contribution in [1.29, 1.82) is 0 Å². The molecule has 2 atom stereocenters. The summed E-state index contributed by atoms with van der Waals surface area (Å²) < 4.78 is 0. The fourth-order valence-corrected chi connectivity index (χ4v) is 4.93. The van der Waals surface area contributed by atoms with Crippen molar-refractivity contribution in [3.05, 3.63) is 65.7 Å². The first kappa shape index (κ1) is 20.0. The normalized spacial score (nSPS) is 22.2. The van der Waals surface area contributed by atoms with Gasteiger partial charge in [0, 0.05) is 57.6 Å². The first-order chi connectivity index (χ1) is 14.1. The average Bonchev–Trinajstić information content (AvgIpc) is 2.77. The van der Waals surface area contributed by atoms with Crippen LogP contribution in [0.25, 0.3) is 0 Å². The van der Waals surface area contributed by atoms with E-state index in [1.165, 1.54) is 12.0 Å². The van der Waals surface area contributed by atoms with E-state index >= 15 is 0 Å². The van der Waals surface area contributed by atoms with Crippen LogP contribution < -0.4 is 4.90 Å². The van der Waals surface area contributed by atoms with Gasteiger partial charge in [-0.05, 0) is 61.4 Å². The summed E-state index contributed by atoms with van der Waals surface area (Å²) in [6, 6.07) is 19.2. The standard InChI is InChI=1S/C25H33N3O/c1-26(2)23-12-10-21(11-13-23)25(29)28-16-6-9-22-19-27(18-15-24(22)28)17-14-20-7-4-3-5-8-20/h3-5,7-8,10-13,22,24H,6,9,14-19H2,1-2H3/t22-,24+/m1/s1. The highest BCUT2D eigenvalue weighted by Gasteiger charge is 2.38. The Bertz CT molecular complexity index is 803. The molecule has 2 heterocycles. The molecule has 4 nitrogen and oxygen atoms in total. The van der Waals surface area contributed by atoms with Crippen molar-refractivity contribution < 1.29 is 4.79 Å². The van der Waals surface area contributed by atoms with Gasteiger partial charge >= 0.3 is 0 Å². The van der Waals surface area contributed by atoms with Crippen LogP contribution in [-0.4, -0.2) is 62.0 Å². The number of fused-ring (bicyclic) bond motifs is 1. The molecule has 1 amide bonds. The number of hydrogen-bond donors (Lipinski definition) is 0. The molecule has 2 aromatic rings. The number of amides is 1. The Balaban J connectivity index is 1.37. The average molecular weight is 392 g/mol. The number of piperidine rings is 2. The molecule has 0 radical (unpaired) electrons. The van der Waals surface area contributed by atoms with E-state index in [2.05, 4.69) is 45.0 Å². The van der Waals surface area contributed by atoms with Crippen LogP contribution in [0.4, 0.5) is 5.69 Å². The number of hydrogen-bond acceptors (Lipinski definition) is 3. The van der Waals surface area contributed by atoms with Crippen molar-refractivity contribution in [2.45, 2.75) is 31.7 Å². The Morgan fingerprint density at radius 3 is 2.48 bits per heavy atom. The lowest BCUT2D eigenvalue weighted by Gasteiger charge is -2.47. The summed E-state index contributed by atoms with van der Waals surface area (Å²) in [4.78, 5) is 20.1. The monoisotopic (exact) mass is 391 g/mol. The molecular weight excluding hydrogens is 358 g/mol. The molecule has 0 N–H and O–H groups in total. The van der Waals surface area contributed by atoms with Crippen LogP contribution in [0.1, 0.15) is 35.2 Å². The second-order valence-electron chi connectivity index (χ2n) is 8.73. The minimum atomic E-state index is 0.211. The van der Waals surface area contributed by atoms with Crippen LogP contribution in [-0.2, 0) is 6.42 Å². The highest BCUT2D eigenvalue weighted by Crippen LogP contribution is 2.32. The highest BCUT2D eigenvalue weighted by atomic mass is 16.2. The number of anilines is 1. The number of carbonyl (C=O) groups is 1. The summed E-state index contributed by atoms with van der Waals surface area (Å²) in [5.41, 5.74) is 3.36. The molecule has 0 aliphatic carbocycles. The maximum Gasteiger partial charge on any atom is 0.254 e. The van der Waals surface area contributed by atoms with Crippen molar-refractivity contribution in [3.63, 3.8) is 0 Å². The van der Waals surface area contributed by atoms with Crippen LogP contribution in [0.2, 0.25) is 0 Å². The fourth-order valence-electron chi connectivity index (χ4n) is 4.93. The van der Waals surface area contributed by atoms with Gasteiger partial charge in [-0.15, -0.1) is 0 Å². The maximum atomic E-state index is 13.2. The number of rotatable bonds is 5. The minimum Gasteiger partial charge on any atom is -0.378 e. The van der Waals surface area contributed by atoms with E-state index in [0.717, 1.165) is 56.7 Å². The molecule has 0 bridgehead atoms. The first-order valence-corrected chi connectivity index (χ1v) is 11.0. The van der Waals surface area contributed by atoms with E-state index < -0.39 is 0 Å². The van der Waals surface area contributed by atoms with Crippen LogP contribution >= 0.6 is 0 Å². The quantitative estimate of drug-likeness (QED) is 0.773. The predicted molar refractivity (Wildman–Crippen MR) is 120 cm³/mol. The number of benzene rings is 2. The van der Waals surface area contributed by atoms with Gasteiger partial charge in [0.05, 0.1) is 0 Å². The summed E-state index contributed by atoms with van der Waals surface area (Å²) in [5, 5.41) is 0. The molecule has 4 heteroatoms. The molecule has 2 fully saturated rings. The Kier molecular flexibility index (Phi) is 6.19. The molecule has 0 spiro atoms. The van der Waals surface area contributed by atoms with Gasteiger partial charge in [-0.1, -0.05) is 30.3 Å². The second kappa shape index (κ2) is 9.00. The first-order valence-electron chi connectivity index (χ1n) is 11.0. The van der Waals surface area contributed by atoms with E-state index in [4.69, 9.17) is 0 Å². The summed E-state index contributed by atoms with van der Waals surface area (Å²) in [6.07, 6.45) is 4.57. The largest absolute Gasteiger partial charge is 0.378 e. The van der Waals surface area contributed by atoms with E-state index in [0.29, 0.717) is 12.0 Å². The summed E-state index contributed by atoms with van der Waals surface area (Å²) >= 11 is 0. The zero-order chi connectivity index (χ0) is 20.2. The molecular formula is C25H33N3O. The Morgan fingerprint density at radius 2 is 1.76 bits per heavy atom. The number of likely N-dealkylation sites (tertiary alicyclic amines) is 2. The number of nitrogens with zero attached hydrogens (tertiary/aromatic N) is 3. The van der Waals surface area contributed by atoms with Gasteiger partial charge in [0.25, 0.3) is 5.91 Å². The summed E-state index contributed by atoms with van der Waals surface area (Å²) in [6.45, 7) is 4.24. The van der Waals surface area contributed by atoms with Crippen LogP contribution in [0.3, 0.4) is 0 Å². The third-order valence-corrected chi connectivity index (χ3v) is 6.60. The zero-order valence-electron chi connectivity index (χ0n) is 17.8. The third-order valence-electron chi connectivity index (χ3n) is 6.60. The molecule has 2 aromatic carbocycles. The predicted octanol–water partition coefficient (Wildman–Crippen LogP) is 3.92. The Morgan fingerprint density at radius 1 is 1.00 bits per heavy atom. The van der Waals surface area contributed by atoms with Gasteiger partial charge in [-0.3, -0.25) is 4.79 Å². The van der Waals surface area contributed by atoms with Gasteiger partial charge in [-0.2, -0.15) is 0 Å². The fraction of sp³-hybridized carbons (Fsp3) is 0.480. The number of carbonyl (C=O) groups excluding carboxylic acids is 1. The smallest absolute Gasteiger partial charge is 0.254 e. The van der Waals surface area contributed by atoms with Gasteiger partial charge in [0.2, 0.25) is 0 Å². The van der Waals surface area contributed by atoms with Crippen molar-refractivity contribution in [1.82, 2.24) is 9.80 Å². The Labute approximate surface area is 175 Å². The molecule has 0 aromatic heterocycles.